The molecular weight excluding hydrogens is 314 g/mol. The minimum Gasteiger partial charge on any atom is -0.494 e. The van der Waals surface area contributed by atoms with Gasteiger partial charge in [0.25, 0.3) is 0 Å². The molecule has 0 radical (unpaired) electrons. The first kappa shape index (κ1) is 19.5. The van der Waals surface area contributed by atoms with E-state index >= 15 is 0 Å². The Morgan fingerprint density at radius 2 is 1.70 bits per heavy atom. The van der Waals surface area contributed by atoms with Gasteiger partial charge in [-0.2, -0.15) is 0 Å². The van der Waals surface area contributed by atoms with E-state index in [-0.39, 0.29) is 6.04 Å². The molecule has 1 aromatic rings. The van der Waals surface area contributed by atoms with E-state index < -0.39 is 21.0 Å². The second-order valence-electron chi connectivity index (χ2n) is 6.30. The largest absolute Gasteiger partial charge is 0.494 e. The van der Waals surface area contributed by atoms with Crippen LogP contribution < -0.4 is 10.1 Å². The first-order valence-electron chi connectivity index (χ1n) is 7.83. The van der Waals surface area contributed by atoms with Crippen LogP contribution in [0.5, 0.6) is 5.75 Å². The summed E-state index contributed by atoms with van der Waals surface area (Å²) in [6.07, 6.45) is 2.06. The number of nitrogens with one attached hydrogen (secondary N) is 1. The summed E-state index contributed by atoms with van der Waals surface area (Å²) >= 11 is 0. The van der Waals surface area contributed by atoms with Gasteiger partial charge in [-0.25, -0.2) is 8.42 Å². The first-order chi connectivity index (χ1) is 10.6. The molecular formula is C17H27NO4S. The molecule has 1 N–H and O–H groups in total. The highest BCUT2D eigenvalue weighted by Gasteiger charge is 2.24. The fraction of sp³-hybridized carbons (Fsp3) is 0.588. The van der Waals surface area contributed by atoms with Crippen LogP contribution in [0.15, 0.2) is 24.3 Å². The normalized spacial score (nSPS) is 14.3. The summed E-state index contributed by atoms with van der Waals surface area (Å²) < 4.78 is 28.5. The number of benzene rings is 1. The summed E-state index contributed by atoms with van der Waals surface area (Å²) in [6.45, 7) is 8.18. The number of ether oxygens (including phenoxy) is 1. The zero-order valence-corrected chi connectivity index (χ0v) is 15.3. The molecule has 0 aromatic heterocycles. The van der Waals surface area contributed by atoms with Crippen LogP contribution in [0.25, 0.3) is 0 Å². The second-order valence-corrected chi connectivity index (χ2v) is 8.67. The van der Waals surface area contributed by atoms with Gasteiger partial charge >= 0.3 is 0 Å². The Morgan fingerprint density at radius 1 is 1.13 bits per heavy atom. The lowest BCUT2D eigenvalue weighted by Crippen LogP contribution is -2.38. The highest BCUT2D eigenvalue weighted by atomic mass is 32.2. The van der Waals surface area contributed by atoms with E-state index in [1.807, 2.05) is 31.2 Å². The van der Waals surface area contributed by atoms with E-state index in [9.17, 15) is 13.2 Å². The molecule has 0 unspecified atom stereocenters. The highest BCUT2D eigenvalue weighted by molar-refractivity contribution is 7.92. The number of hydrogen-bond acceptors (Lipinski definition) is 4. The van der Waals surface area contributed by atoms with Gasteiger partial charge in [-0.15, -0.1) is 0 Å². The standard InChI is InChI=1S/C17H27NO4S/c1-12(2)10-11-22-16-8-6-15(7-9-16)13(3)18-17(19)14(4)23(5,20)21/h6-9,12-14H,10-11H2,1-5H3,(H,18,19)/t13-,14+/m1/s1. The van der Waals surface area contributed by atoms with E-state index in [0.717, 1.165) is 24.0 Å². The summed E-state index contributed by atoms with van der Waals surface area (Å²) in [4.78, 5) is 11.9. The summed E-state index contributed by atoms with van der Waals surface area (Å²) in [5.74, 6) is 0.899. The number of amides is 1. The third-order valence-electron chi connectivity index (χ3n) is 3.71. The van der Waals surface area contributed by atoms with Crippen LogP contribution in [-0.4, -0.2) is 32.4 Å². The van der Waals surface area contributed by atoms with Crippen molar-refractivity contribution in [1.29, 1.82) is 0 Å². The van der Waals surface area contributed by atoms with Gasteiger partial charge in [-0.3, -0.25) is 4.79 Å². The van der Waals surface area contributed by atoms with E-state index in [2.05, 4.69) is 19.2 Å². The average Bonchev–Trinajstić information content (AvgIpc) is 2.45. The van der Waals surface area contributed by atoms with Crippen molar-refractivity contribution in [3.63, 3.8) is 0 Å². The fourth-order valence-corrected chi connectivity index (χ4v) is 2.33. The number of carbonyl (C=O) groups is 1. The molecule has 130 valence electrons. The predicted octanol–water partition coefficient (Wildman–Crippen LogP) is 2.72. The maximum Gasteiger partial charge on any atom is 0.238 e. The number of sulfone groups is 1. The van der Waals surface area contributed by atoms with Gasteiger partial charge in [-0.1, -0.05) is 26.0 Å². The van der Waals surface area contributed by atoms with Crippen molar-refractivity contribution < 1.29 is 17.9 Å². The van der Waals surface area contributed by atoms with E-state index in [0.29, 0.717) is 12.5 Å². The lowest BCUT2D eigenvalue weighted by atomic mass is 10.1. The molecule has 0 aliphatic heterocycles. The van der Waals surface area contributed by atoms with Gasteiger partial charge < -0.3 is 10.1 Å². The molecule has 6 heteroatoms. The molecule has 0 saturated carbocycles. The average molecular weight is 341 g/mol. The Balaban J connectivity index is 2.60. The predicted molar refractivity (Wildman–Crippen MR) is 92.3 cm³/mol. The number of hydrogen-bond donors (Lipinski definition) is 1. The second kappa shape index (κ2) is 8.34. The zero-order chi connectivity index (χ0) is 17.6. The lowest BCUT2D eigenvalue weighted by molar-refractivity contribution is -0.121. The molecule has 0 aliphatic rings. The van der Waals surface area contributed by atoms with Gasteiger partial charge in [0.15, 0.2) is 9.84 Å². The molecule has 0 bridgehead atoms. The molecule has 0 spiro atoms. The van der Waals surface area contributed by atoms with Crippen LogP contribution in [0.2, 0.25) is 0 Å². The SMILES string of the molecule is CC(C)CCOc1ccc([C@@H](C)NC(=O)[C@H](C)S(C)(=O)=O)cc1. The van der Waals surface area contributed by atoms with Crippen LogP contribution in [0, 0.1) is 5.92 Å². The molecule has 1 amide bonds. The molecule has 2 atom stereocenters. The van der Waals surface area contributed by atoms with Crippen LogP contribution in [0.3, 0.4) is 0 Å². The Labute approximate surface area is 139 Å². The quantitative estimate of drug-likeness (QED) is 0.789. The topological polar surface area (TPSA) is 72.5 Å². The Bertz CT molecular complexity index is 608. The smallest absolute Gasteiger partial charge is 0.238 e. The molecule has 1 rings (SSSR count). The van der Waals surface area contributed by atoms with Crippen molar-refractivity contribution >= 4 is 15.7 Å². The number of rotatable bonds is 8. The molecule has 0 fully saturated rings. The minimum atomic E-state index is -3.39. The fourth-order valence-electron chi connectivity index (χ4n) is 1.87. The highest BCUT2D eigenvalue weighted by Crippen LogP contribution is 2.18. The minimum absolute atomic E-state index is 0.267. The third kappa shape index (κ3) is 6.60. The van der Waals surface area contributed by atoms with Crippen molar-refractivity contribution in [3.05, 3.63) is 29.8 Å². The van der Waals surface area contributed by atoms with Crippen molar-refractivity contribution in [2.45, 2.75) is 45.4 Å². The van der Waals surface area contributed by atoms with Crippen LogP contribution in [0.1, 0.15) is 45.7 Å². The van der Waals surface area contributed by atoms with Gasteiger partial charge in [0.1, 0.15) is 11.0 Å². The summed E-state index contributed by atoms with van der Waals surface area (Å²) in [5.41, 5.74) is 0.898. The third-order valence-corrected chi connectivity index (χ3v) is 5.21. The molecule has 0 saturated heterocycles. The maximum absolute atomic E-state index is 11.9. The summed E-state index contributed by atoms with van der Waals surface area (Å²) in [7, 11) is -3.39. The summed E-state index contributed by atoms with van der Waals surface area (Å²) in [6, 6.07) is 7.20. The van der Waals surface area contributed by atoms with Crippen molar-refractivity contribution in [1.82, 2.24) is 5.32 Å². The van der Waals surface area contributed by atoms with E-state index in [1.54, 1.807) is 0 Å². The van der Waals surface area contributed by atoms with Gasteiger partial charge in [0.05, 0.1) is 12.6 Å². The molecule has 23 heavy (non-hydrogen) atoms. The van der Waals surface area contributed by atoms with Crippen molar-refractivity contribution in [2.75, 3.05) is 12.9 Å². The Kier molecular flexibility index (Phi) is 7.06. The van der Waals surface area contributed by atoms with E-state index in [4.69, 9.17) is 4.74 Å². The Morgan fingerprint density at radius 3 is 2.17 bits per heavy atom. The number of carbonyl (C=O) groups excluding carboxylic acids is 1. The van der Waals surface area contributed by atoms with Crippen molar-refractivity contribution in [2.24, 2.45) is 5.92 Å². The van der Waals surface area contributed by atoms with Crippen LogP contribution in [-0.2, 0) is 14.6 Å². The lowest BCUT2D eigenvalue weighted by Gasteiger charge is -2.17. The van der Waals surface area contributed by atoms with Gasteiger partial charge in [0.2, 0.25) is 5.91 Å². The molecule has 5 nitrogen and oxygen atoms in total. The monoisotopic (exact) mass is 341 g/mol. The van der Waals surface area contributed by atoms with Crippen LogP contribution in [0.4, 0.5) is 0 Å². The van der Waals surface area contributed by atoms with Crippen LogP contribution >= 0.6 is 0 Å². The Hall–Kier alpha value is -1.56. The van der Waals surface area contributed by atoms with E-state index in [1.165, 1.54) is 6.92 Å². The first-order valence-corrected chi connectivity index (χ1v) is 9.78. The maximum atomic E-state index is 11.9. The van der Waals surface area contributed by atoms with Gasteiger partial charge in [0, 0.05) is 6.26 Å². The summed E-state index contributed by atoms with van der Waals surface area (Å²) in [5, 5.41) is 1.67. The zero-order valence-electron chi connectivity index (χ0n) is 14.5. The molecule has 0 heterocycles. The molecule has 1 aromatic carbocycles. The van der Waals surface area contributed by atoms with Crippen molar-refractivity contribution in [3.8, 4) is 5.75 Å². The van der Waals surface area contributed by atoms with Gasteiger partial charge in [-0.05, 0) is 43.9 Å². The molecule has 0 aliphatic carbocycles.